The molecule has 0 aliphatic rings. The molecular weight excluding hydrogens is 218 g/mol. The topological polar surface area (TPSA) is 74.2 Å². The van der Waals surface area contributed by atoms with Crippen molar-refractivity contribution in [1.29, 1.82) is 0 Å². The molecule has 0 bridgehead atoms. The third-order valence-corrected chi connectivity index (χ3v) is 2.03. The Kier molecular flexibility index (Phi) is 5.93. The van der Waals surface area contributed by atoms with Crippen LogP contribution in [0.25, 0.3) is 0 Å². The van der Waals surface area contributed by atoms with Gasteiger partial charge in [0.1, 0.15) is 6.10 Å². The smallest absolute Gasteiger partial charge is 0.367 e. The van der Waals surface area contributed by atoms with Crippen molar-refractivity contribution in [3.05, 3.63) is 35.9 Å². The summed E-state index contributed by atoms with van der Waals surface area (Å²) in [5, 5.41) is 9.73. The highest BCUT2D eigenvalue weighted by atomic mass is 35.5. The third-order valence-electron chi connectivity index (χ3n) is 2.03. The van der Waals surface area contributed by atoms with Crippen LogP contribution in [0.4, 0.5) is 0 Å². The lowest BCUT2D eigenvalue weighted by molar-refractivity contribution is -0.426. The van der Waals surface area contributed by atoms with E-state index in [0.29, 0.717) is 5.56 Å². The maximum absolute atomic E-state index is 11.1. The second kappa shape index (κ2) is 6.40. The number of rotatable bonds is 3. The van der Waals surface area contributed by atoms with Crippen LogP contribution in [0.2, 0.25) is 0 Å². The fraction of sp³-hybridized carbons (Fsp3) is 0.300. The number of ether oxygens (including phenoxy) is 1. The van der Waals surface area contributed by atoms with Crippen molar-refractivity contribution in [2.45, 2.75) is 12.1 Å². The lowest BCUT2D eigenvalue weighted by Gasteiger charge is -2.13. The lowest BCUT2D eigenvalue weighted by atomic mass is 10.0. The molecule has 0 saturated heterocycles. The van der Waals surface area contributed by atoms with Crippen LogP contribution in [0, 0.1) is 0 Å². The van der Waals surface area contributed by atoms with Gasteiger partial charge in [-0.1, -0.05) is 30.3 Å². The van der Waals surface area contributed by atoms with Gasteiger partial charge in [0.15, 0.2) is 0 Å². The maximum atomic E-state index is 11.1. The summed E-state index contributed by atoms with van der Waals surface area (Å²) in [5.41, 5.74) is 4.23. The average Bonchev–Trinajstić information content (AvgIpc) is 2.27. The largest absolute Gasteiger partial charge is 1.00 e. The van der Waals surface area contributed by atoms with Crippen molar-refractivity contribution in [1.82, 2.24) is 0 Å². The van der Waals surface area contributed by atoms with Crippen LogP contribution >= 0.6 is 0 Å². The molecule has 0 amide bonds. The summed E-state index contributed by atoms with van der Waals surface area (Å²) in [6.07, 6.45) is -0.913. The first-order valence-corrected chi connectivity index (χ1v) is 4.30. The van der Waals surface area contributed by atoms with Gasteiger partial charge >= 0.3 is 5.97 Å². The second-order valence-electron chi connectivity index (χ2n) is 2.99. The van der Waals surface area contributed by atoms with Crippen LogP contribution < -0.4 is 18.1 Å². The van der Waals surface area contributed by atoms with Crippen molar-refractivity contribution >= 4 is 5.97 Å². The van der Waals surface area contributed by atoms with Gasteiger partial charge < -0.3 is 28.0 Å². The SMILES string of the molecule is COC(=O)[C@@H]([NH3+])[C@H](O)c1ccccc1.[Cl-]. The minimum Gasteiger partial charge on any atom is -1.00 e. The van der Waals surface area contributed by atoms with Gasteiger partial charge in [0.05, 0.1) is 7.11 Å². The molecule has 0 fully saturated rings. The van der Waals surface area contributed by atoms with E-state index in [1.807, 2.05) is 6.07 Å². The maximum Gasteiger partial charge on any atom is 0.367 e. The summed E-state index contributed by atoms with van der Waals surface area (Å²) in [6.45, 7) is 0. The minimum absolute atomic E-state index is 0. The molecule has 5 heteroatoms. The summed E-state index contributed by atoms with van der Waals surface area (Å²) in [7, 11) is 1.28. The molecule has 84 valence electrons. The van der Waals surface area contributed by atoms with E-state index in [1.165, 1.54) is 7.11 Å². The number of aliphatic hydroxyl groups is 1. The van der Waals surface area contributed by atoms with E-state index in [2.05, 4.69) is 10.5 Å². The van der Waals surface area contributed by atoms with Crippen molar-refractivity contribution < 1.29 is 32.8 Å². The van der Waals surface area contributed by atoms with Crippen LogP contribution in [-0.4, -0.2) is 24.2 Å². The Morgan fingerprint density at radius 2 is 1.93 bits per heavy atom. The quantitative estimate of drug-likeness (QED) is 0.531. The molecule has 4 nitrogen and oxygen atoms in total. The van der Waals surface area contributed by atoms with Gasteiger partial charge in [-0.05, 0) is 5.56 Å². The molecule has 4 N–H and O–H groups in total. The molecule has 1 aromatic rings. The van der Waals surface area contributed by atoms with Gasteiger partial charge in [0.2, 0.25) is 6.04 Å². The van der Waals surface area contributed by atoms with Crippen molar-refractivity contribution in [3.8, 4) is 0 Å². The molecule has 0 spiro atoms. The van der Waals surface area contributed by atoms with Crippen LogP contribution in [0.5, 0.6) is 0 Å². The predicted octanol–water partition coefficient (Wildman–Crippen LogP) is -3.49. The normalized spacial score (nSPS) is 13.5. The summed E-state index contributed by atoms with van der Waals surface area (Å²) in [4.78, 5) is 11.1. The number of hydrogen-bond donors (Lipinski definition) is 2. The van der Waals surface area contributed by atoms with E-state index in [-0.39, 0.29) is 12.4 Å². The summed E-state index contributed by atoms with van der Waals surface area (Å²) < 4.78 is 4.49. The monoisotopic (exact) mass is 231 g/mol. The van der Waals surface area contributed by atoms with Crippen molar-refractivity contribution in [2.24, 2.45) is 0 Å². The van der Waals surface area contributed by atoms with Gasteiger partial charge in [0, 0.05) is 0 Å². The van der Waals surface area contributed by atoms with Crippen LogP contribution in [0.3, 0.4) is 0 Å². The fourth-order valence-corrected chi connectivity index (χ4v) is 1.16. The molecule has 2 atom stereocenters. The molecule has 15 heavy (non-hydrogen) atoms. The first-order valence-electron chi connectivity index (χ1n) is 4.30. The van der Waals surface area contributed by atoms with Gasteiger partial charge in [-0.2, -0.15) is 0 Å². The molecule has 0 aliphatic carbocycles. The molecule has 1 rings (SSSR count). The van der Waals surface area contributed by atoms with Gasteiger partial charge in [-0.25, -0.2) is 4.79 Å². The zero-order valence-corrected chi connectivity index (χ0v) is 9.15. The molecule has 0 aliphatic heterocycles. The van der Waals surface area contributed by atoms with E-state index in [1.54, 1.807) is 24.3 Å². The van der Waals surface area contributed by atoms with E-state index in [4.69, 9.17) is 0 Å². The Bertz CT molecular complexity index is 305. The highest BCUT2D eigenvalue weighted by Gasteiger charge is 2.28. The number of hydrogen-bond acceptors (Lipinski definition) is 3. The Hall–Kier alpha value is -1.10. The number of carbonyl (C=O) groups excluding carboxylic acids is 1. The first-order chi connectivity index (χ1) is 6.66. The highest BCUT2D eigenvalue weighted by molar-refractivity contribution is 5.74. The van der Waals surface area contributed by atoms with Crippen LogP contribution in [-0.2, 0) is 9.53 Å². The number of halogens is 1. The summed E-state index contributed by atoms with van der Waals surface area (Å²) >= 11 is 0. The number of benzene rings is 1. The number of esters is 1. The van der Waals surface area contributed by atoms with Crippen molar-refractivity contribution in [3.63, 3.8) is 0 Å². The van der Waals surface area contributed by atoms with Gasteiger partial charge in [0.25, 0.3) is 0 Å². The molecule has 0 aromatic heterocycles. The standard InChI is InChI=1S/C10H13NO3.ClH/c1-14-10(13)8(11)9(12)7-5-3-2-4-6-7;/h2-6,8-9,12H,11H2,1H3;1H/t8-,9+;/m0./s1. The van der Waals surface area contributed by atoms with Crippen LogP contribution in [0.15, 0.2) is 30.3 Å². The first kappa shape index (κ1) is 13.9. The Balaban J connectivity index is 0.00000196. The molecule has 0 saturated carbocycles. The minimum atomic E-state index is -0.913. The van der Waals surface area contributed by atoms with E-state index in [9.17, 15) is 9.90 Å². The fourth-order valence-electron chi connectivity index (χ4n) is 1.16. The molecule has 0 unspecified atom stereocenters. The van der Waals surface area contributed by atoms with E-state index >= 15 is 0 Å². The number of aliphatic hydroxyl groups excluding tert-OH is 1. The Morgan fingerprint density at radius 1 is 1.40 bits per heavy atom. The second-order valence-corrected chi connectivity index (χ2v) is 2.99. The van der Waals surface area contributed by atoms with Crippen LogP contribution in [0.1, 0.15) is 11.7 Å². The van der Waals surface area contributed by atoms with Crippen molar-refractivity contribution in [2.75, 3.05) is 7.11 Å². The third kappa shape index (κ3) is 3.51. The molecule has 1 aromatic carbocycles. The molecular formula is C10H14ClNO3. The highest BCUT2D eigenvalue weighted by Crippen LogP contribution is 2.14. The Morgan fingerprint density at radius 3 is 2.40 bits per heavy atom. The molecule has 0 heterocycles. The summed E-state index contributed by atoms with van der Waals surface area (Å²) in [6, 6.07) is 8.12. The van der Waals surface area contributed by atoms with E-state index in [0.717, 1.165) is 0 Å². The zero-order valence-electron chi connectivity index (χ0n) is 8.39. The number of carbonyl (C=O) groups is 1. The molecule has 0 radical (unpaired) electrons. The summed E-state index contributed by atoms with van der Waals surface area (Å²) in [5.74, 6) is -0.513. The Labute approximate surface area is 94.5 Å². The number of quaternary nitrogens is 1. The van der Waals surface area contributed by atoms with Gasteiger partial charge in [-0.3, -0.25) is 0 Å². The zero-order chi connectivity index (χ0) is 10.6. The number of methoxy groups -OCH3 is 1. The van der Waals surface area contributed by atoms with Gasteiger partial charge in [-0.15, -0.1) is 0 Å². The van der Waals surface area contributed by atoms with E-state index < -0.39 is 18.1 Å². The average molecular weight is 232 g/mol. The predicted molar refractivity (Wildman–Crippen MR) is 50.1 cm³/mol. The lowest BCUT2D eigenvalue weighted by Crippen LogP contribution is -3.00.